The molecule has 1 N–H and O–H groups in total. The van der Waals surface area contributed by atoms with Gasteiger partial charge in [0.05, 0.1) is 25.1 Å². The smallest absolute Gasteiger partial charge is 0.318 e. The van der Waals surface area contributed by atoms with Crippen molar-refractivity contribution in [1.29, 1.82) is 0 Å². The zero-order valence-corrected chi connectivity index (χ0v) is 12.2. The number of nitrogens with zero attached hydrogens (tertiary/aromatic N) is 1. The van der Waals surface area contributed by atoms with Gasteiger partial charge in [0.15, 0.2) is 0 Å². The first kappa shape index (κ1) is 15.1. The van der Waals surface area contributed by atoms with Crippen molar-refractivity contribution in [1.82, 2.24) is 10.2 Å². The van der Waals surface area contributed by atoms with Crippen molar-refractivity contribution in [3.8, 4) is 0 Å². The molecule has 1 atom stereocenters. The lowest BCUT2D eigenvalue weighted by Gasteiger charge is -2.23. The molecule has 0 aliphatic rings. The molecule has 0 spiro atoms. The van der Waals surface area contributed by atoms with Crippen LogP contribution in [-0.2, 0) is 6.54 Å². The third-order valence-electron chi connectivity index (χ3n) is 3.33. The number of nitrogens with one attached hydrogen (secondary N) is 1. The summed E-state index contributed by atoms with van der Waals surface area (Å²) < 4.78 is 17.9. The zero-order valence-electron chi connectivity index (χ0n) is 12.2. The third kappa shape index (κ3) is 4.08. The lowest BCUT2D eigenvalue weighted by atomic mass is 10.1. The van der Waals surface area contributed by atoms with Crippen LogP contribution in [0.5, 0.6) is 0 Å². The molecule has 0 aliphatic carbocycles. The summed E-state index contributed by atoms with van der Waals surface area (Å²) in [7, 11) is 0. The molecule has 0 unspecified atom stereocenters. The van der Waals surface area contributed by atoms with Crippen LogP contribution >= 0.6 is 0 Å². The Labute approximate surface area is 123 Å². The Morgan fingerprint density at radius 3 is 2.62 bits per heavy atom. The molecule has 5 heteroatoms. The summed E-state index contributed by atoms with van der Waals surface area (Å²) in [5, 5.41) is 2.91. The van der Waals surface area contributed by atoms with Gasteiger partial charge in [0.2, 0.25) is 0 Å². The van der Waals surface area contributed by atoms with E-state index >= 15 is 0 Å². The van der Waals surface area contributed by atoms with E-state index in [2.05, 4.69) is 5.32 Å². The summed E-state index contributed by atoms with van der Waals surface area (Å²) in [4.78, 5) is 13.9. The van der Waals surface area contributed by atoms with Crippen molar-refractivity contribution >= 4 is 6.03 Å². The van der Waals surface area contributed by atoms with Crippen molar-refractivity contribution < 1.29 is 13.6 Å². The molecule has 0 saturated heterocycles. The number of hydrogen-bond acceptors (Lipinski definition) is 2. The first-order valence-electron chi connectivity index (χ1n) is 6.92. The van der Waals surface area contributed by atoms with E-state index < -0.39 is 0 Å². The molecule has 0 aliphatic heterocycles. The van der Waals surface area contributed by atoms with E-state index in [-0.39, 0.29) is 17.9 Å². The van der Waals surface area contributed by atoms with E-state index in [4.69, 9.17) is 4.42 Å². The molecule has 112 valence electrons. The topological polar surface area (TPSA) is 45.5 Å². The summed E-state index contributed by atoms with van der Waals surface area (Å²) >= 11 is 0. The average Bonchev–Trinajstić information content (AvgIpc) is 2.98. The Balaban J connectivity index is 1.96. The van der Waals surface area contributed by atoms with Gasteiger partial charge in [0.1, 0.15) is 5.82 Å². The van der Waals surface area contributed by atoms with E-state index in [1.807, 2.05) is 19.9 Å². The lowest BCUT2D eigenvalue weighted by molar-refractivity contribution is 0.194. The first-order valence-corrected chi connectivity index (χ1v) is 6.92. The fraction of sp³-hybridized carbons (Fsp3) is 0.312. The van der Waals surface area contributed by atoms with Crippen LogP contribution in [0.25, 0.3) is 0 Å². The molecule has 1 aromatic heterocycles. The summed E-state index contributed by atoms with van der Waals surface area (Å²) in [6, 6.07) is 7.62. The van der Waals surface area contributed by atoms with Gasteiger partial charge in [-0.05, 0) is 37.6 Å². The van der Waals surface area contributed by atoms with Crippen LogP contribution in [0.4, 0.5) is 9.18 Å². The molecule has 21 heavy (non-hydrogen) atoms. The van der Waals surface area contributed by atoms with Crippen molar-refractivity contribution in [2.45, 2.75) is 26.4 Å². The number of rotatable bonds is 5. The second kappa shape index (κ2) is 6.92. The van der Waals surface area contributed by atoms with Gasteiger partial charge in [-0.25, -0.2) is 9.18 Å². The number of benzene rings is 1. The quantitative estimate of drug-likeness (QED) is 0.912. The van der Waals surface area contributed by atoms with Gasteiger partial charge >= 0.3 is 6.03 Å². The van der Waals surface area contributed by atoms with E-state index in [0.29, 0.717) is 13.1 Å². The maximum Gasteiger partial charge on any atom is 0.318 e. The Morgan fingerprint density at radius 1 is 1.33 bits per heavy atom. The Morgan fingerprint density at radius 2 is 2.05 bits per heavy atom. The Bertz CT molecular complexity index is 566. The monoisotopic (exact) mass is 290 g/mol. The van der Waals surface area contributed by atoms with Gasteiger partial charge in [-0.3, -0.25) is 0 Å². The molecule has 0 saturated carbocycles. The number of halogens is 1. The van der Waals surface area contributed by atoms with Crippen molar-refractivity contribution in [2.24, 2.45) is 0 Å². The fourth-order valence-corrected chi connectivity index (χ4v) is 2.04. The summed E-state index contributed by atoms with van der Waals surface area (Å²) in [6.45, 7) is 4.88. The minimum atomic E-state index is -0.285. The number of hydrogen-bond donors (Lipinski definition) is 1. The summed E-state index contributed by atoms with van der Waals surface area (Å²) in [5.74, 6) is -0.285. The van der Waals surface area contributed by atoms with Crippen molar-refractivity contribution in [2.75, 3.05) is 6.54 Å². The largest absolute Gasteiger partial charge is 0.472 e. The van der Waals surface area contributed by atoms with E-state index in [9.17, 15) is 9.18 Å². The van der Waals surface area contributed by atoms with Crippen molar-refractivity contribution in [3.05, 3.63) is 59.8 Å². The second-order valence-electron chi connectivity index (χ2n) is 4.87. The highest BCUT2D eigenvalue weighted by molar-refractivity contribution is 5.74. The minimum Gasteiger partial charge on any atom is -0.472 e. The molecule has 2 aromatic rings. The molecule has 2 rings (SSSR count). The molecular weight excluding hydrogens is 271 g/mol. The van der Waals surface area contributed by atoms with Gasteiger partial charge in [-0.1, -0.05) is 12.1 Å². The number of furan rings is 1. The van der Waals surface area contributed by atoms with Crippen LogP contribution in [-0.4, -0.2) is 17.5 Å². The lowest BCUT2D eigenvalue weighted by Crippen LogP contribution is -2.40. The van der Waals surface area contributed by atoms with Crippen LogP contribution < -0.4 is 5.32 Å². The van der Waals surface area contributed by atoms with Crippen molar-refractivity contribution in [3.63, 3.8) is 0 Å². The van der Waals surface area contributed by atoms with E-state index in [0.717, 1.165) is 11.1 Å². The predicted octanol–water partition coefficient (Wildman–Crippen LogP) is 3.71. The summed E-state index contributed by atoms with van der Waals surface area (Å²) in [5.41, 5.74) is 1.81. The normalized spacial score (nSPS) is 12.0. The number of carbonyl (C=O) groups is 1. The highest BCUT2D eigenvalue weighted by Crippen LogP contribution is 2.14. The second-order valence-corrected chi connectivity index (χ2v) is 4.87. The standard InChI is InChI=1S/C16H19FN2O2/c1-3-19(10-13-8-9-21-11-13)16(20)18-12(2)14-4-6-15(17)7-5-14/h4-9,11-12H,3,10H2,1-2H3,(H,18,20)/t12-/m1/s1. The highest BCUT2D eigenvalue weighted by atomic mass is 19.1. The molecule has 0 bridgehead atoms. The molecule has 1 aromatic carbocycles. The minimum absolute atomic E-state index is 0.157. The van der Waals surface area contributed by atoms with Gasteiger partial charge in [0.25, 0.3) is 0 Å². The first-order chi connectivity index (χ1) is 10.1. The van der Waals surface area contributed by atoms with Crippen LogP contribution in [0.2, 0.25) is 0 Å². The van der Waals surface area contributed by atoms with Crippen LogP contribution in [0, 0.1) is 5.82 Å². The number of urea groups is 1. The highest BCUT2D eigenvalue weighted by Gasteiger charge is 2.16. The Hall–Kier alpha value is -2.30. The predicted molar refractivity (Wildman–Crippen MR) is 78.1 cm³/mol. The van der Waals surface area contributed by atoms with E-state index in [1.54, 1.807) is 29.6 Å². The molecule has 0 fully saturated rings. The molecular formula is C16H19FN2O2. The third-order valence-corrected chi connectivity index (χ3v) is 3.33. The zero-order chi connectivity index (χ0) is 15.2. The maximum atomic E-state index is 12.9. The average molecular weight is 290 g/mol. The van der Waals surface area contributed by atoms with Gasteiger partial charge in [-0.2, -0.15) is 0 Å². The number of carbonyl (C=O) groups excluding carboxylic acids is 1. The van der Waals surface area contributed by atoms with Gasteiger partial charge < -0.3 is 14.6 Å². The number of amides is 2. The molecule has 1 heterocycles. The van der Waals surface area contributed by atoms with Crippen LogP contribution in [0.3, 0.4) is 0 Å². The maximum absolute atomic E-state index is 12.9. The SMILES string of the molecule is CCN(Cc1ccoc1)C(=O)N[C@H](C)c1ccc(F)cc1. The Kier molecular flexibility index (Phi) is 4.98. The fourth-order valence-electron chi connectivity index (χ4n) is 2.04. The molecule has 2 amide bonds. The van der Waals surface area contributed by atoms with Gasteiger partial charge in [0, 0.05) is 12.1 Å². The van der Waals surface area contributed by atoms with Gasteiger partial charge in [-0.15, -0.1) is 0 Å². The van der Waals surface area contributed by atoms with Crippen LogP contribution in [0.1, 0.15) is 31.0 Å². The molecule has 0 radical (unpaired) electrons. The summed E-state index contributed by atoms with van der Waals surface area (Å²) in [6.07, 6.45) is 3.21. The van der Waals surface area contributed by atoms with Crippen LogP contribution in [0.15, 0.2) is 47.3 Å². The van der Waals surface area contributed by atoms with E-state index in [1.165, 1.54) is 12.1 Å². The molecule has 4 nitrogen and oxygen atoms in total.